The van der Waals surface area contributed by atoms with Crippen LogP contribution in [0.25, 0.3) is 11.3 Å². The van der Waals surface area contributed by atoms with Crippen molar-refractivity contribution in [1.29, 1.82) is 0 Å². The Morgan fingerprint density at radius 1 is 1.31 bits per heavy atom. The maximum atomic E-state index is 11.6. The number of fused-ring (bicyclic) bond motifs is 1. The first-order chi connectivity index (χ1) is 15.2. The summed E-state index contributed by atoms with van der Waals surface area (Å²) < 4.78 is 6.45. The smallest absolute Gasteiger partial charge is 0.333 e. The molecule has 2 N–H and O–H groups in total. The first-order valence-electron chi connectivity index (χ1n) is 10.4. The van der Waals surface area contributed by atoms with Gasteiger partial charge in [0.25, 0.3) is 0 Å². The van der Waals surface area contributed by atoms with Crippen LogP contribution in [0.3, 0.4) is 0 Å². The predicted molar refractivity (Wildman–Crippen MR) is 129 cm³/mol. The van der Waals surface area contributed by atoms with E-state index >= 15 is 0 Å². The molecule has 1 aromatic carbocycles. The van der Waals surface area contributed by atoms with Crippen molar-refractivity contribution in [1.82, 2.24) is 10.3 Å². The van der Waals surface area contributed by atoms with Crippen LogP contribution in [0.5, 0.6) is 5.75 Å². The number of nitrogens with zero attached hydrogens (tertiary/aromatic N) is 1. The second-order valence-electron chi connectivity index (χ2n) is 7.81. The topological polar surface area (TPSA) is 71.5 Å². The van der Waals surface area contributed by atoms with Gasteiger partial charge in [-0.1, -0.05) is 31.4 Å². The quantitative estimate of drug-likeness (QED) is 0.419. The molecule has 1 unspecified atom stereocenters. The molecule has 3 rings (SSSR count). The van der Waals surface area contributed by atoms with Gasteiger partial charge in [0.15, 0.2) is 0 Å². The van der Waals surface area contributed by atoms with Crippen LogP contribution in [-0.2, 0) is 4.79 Å². The number of aliphatic carboxylic acids is 1. The highest BCUT2D eigenvalue weighted by molar-refractivity contribution is 5.92. The molecule has 0 saturated heterocycles. The molecule has 1 aliphatic rings. The Morgan fingerprint density at radius 3 is 2.69 bits per heavy atom. The summed E-state index contributed by atoms with van der Waals surface area (Å²) >= 11 is 0. The average molecular weight is 429 g/mol. The zero-order valence-corrected chi connectivity index (χ0v) is 18.9. The Hall–Kier alpha value is -3.86. The van der Waals surface area contributed by atoms with E-state index in [0.29, 0.717) is 11.4 Å². The molecule has 0 radical (unpaired) electrons. The molecular formula is C27H28N2O3. The molecule has 1 aromatic heterocycles. The van der Waals surface area contributed by atoms with E-state index in [9.17, 15) is 9.90 Å². The molecule has 32 heavy (non-hydrogen) atoms. The van der Waals surface area contributed by atoms with Crippen LogP contribution in [0.4, 0.5) is 0 Å². The molecule has 5 nitrogen and oxygen atoms in total. The van der Waals surface area contributed by atoms with Crippen LogP contribution >= 0.6 is 0 Å². The Morgan fingerprint density at radius 2 is 2.06 bits per heavy atom. The second-order valence-corrected chi connectivity index (χ2v) is 7.81. The summed E-state index contributed by atoms with van der Waals surface area (Å²) in [6.07, 6.45) is 8.51. The second kappa shape index (κ2) is 9.52. The number of carbonyl (C=O) groups is 1. The summed E-state index contributed by atoms with van der Waals surface area (Å²) in [7, 11) is 0. The summed E-state index contributed by atoms with van der Waals surface area (Å²) in [5.74, 6) is 0.448. The van der Waals surface area contributed by atoms with Crippen molar-refractivity contribution in [3.05, 3.63) is 107 Å². The fraction of sp³-hybridized carbons (Fsp3) is 0.185. The zero-order chi connectivity index (χ0) is 23.4. The minimum Gasteiger partial charge on any atom is -0.478 e. The molecule has 1 atom stereocenters. The van der Waals surface area contributed by atoms with E-state index in [0.717, 1.165) is 39.2 Å². The monoisotopic (exact) mass is 428 g/mol. The molecule has 5 heteroatoms. The fourth-order valence-electron chi connectivity index (χ4n) is 3.62. The van der Waals surface area contributed by atoms with Crippen molar-refractivity contribution in [2.75, 3.05) is 0 Å². The van der Waals surface area contributed by atoms with E-state index in [2.05, 4.69) is 35.6 Å². The number of benzene rings is 1. The summed E-state index contributed by atoms with van der Waals surface area (Å²) in [5.41, 5.74) is 6.36. The minimum atomic E-state index is -0.985. The van der Waals surface area contributed by atoms with Crippen molar-refractivity contribution in [3.63, 3.8) is 0 Å². The third kappa shape index (κ3) is 4.57. The third-order valence-corrected chi connectivity index (χ3v) is 5.47. The lowest BCUT2D eigenvalue weighted by Crippen LogP contribution is -2.22. The van der Waals surface area contributed by atoms with Crippen LogP contribution in [-0.4, -0.2) is 16.1 Å². The molecule has 1 aliphatic heterocycles. The lowest BCUT2D eigenvalue weighted by molar-refractivity contribution is -0.132. The predicted octanol–water partition coefficient (Wildman–Crippen LogP) is 5.98. The molecule has 0 aliphatic carbocycles. The van der Waals surface area contributed by atoms with Gasteiger partial charge in [-0.3, -0.25) is 4.98 Å². The molecule has 0 bridgehead atoms. The summed E-state index contributed by atoms with van der Waals surface area (Å²) in [4.78, 5) is 15.8. The van der Waals surface area contributed by atoms with Crippen LogP contribution in [0.2, 0.25) is 0 Å². The number of rotatable bonds is 7. The summed E-state index contributed by atoms with van der Waals surface area (Å²) in [6, 6.07) is 7.71. The van der Waals surface area contributed by atoms with E-state index < -0.39 is 5.97 Å². The maximum Gasteiger partial charge on any atom is 0.333 e. The number of ether oxygens (including phenoxy) is 1. The van der Waals surface area contributed by atoms with Crippen molar-refractivity contribution in [2.24, 2.45) is 0 Å². The number of carboxylic acid groups (broad SMARTS) is 1. The minimum absolute atomic E-state index is 0.216. The Bertz CT molecular complexity index is 1170. The van der Waals surface area contributed by atoms with Gasteiger partial charge in [0.1, 0.15) is 11.5 Å². The molecule has 0 saturated carbocycles. The number of allylic oxidation sites excluding steroid dienone is 5. The first-order valence-corrected chi connectivity index (χ1v) is 10.4. The van der Waals surface area contributed by atoms with Gasteiger partial charge in [-0.05, 0) is 68.7 Å². The van der Waals surface area contributed by atoms with E-state index in [-0.39, 0.29) is 11.6 Å². The Balaban J connectivity index is 2.08. The molecule has 0 spiro atoms. The number of aryl methyl sites for hydroxylation is 1. The highest BCUT2D eigenvalue weighted by atomic mass is 16.5. The standard InChI is InChI=1S/C27H28N2O3/c1-7-8-11-24(19(5)27(30)31)29-20(6)23-14-16(2)13-22-17(3)18(4)25(32-26(22)23)21-10-9-12-28-15-21/h7-15,20,29H,1,3H2,2,4-6H3,(H,30,31)/b11-8-,24-19-. The van der Waals surface area contributed by atoms with Gasteiger partial charge in [-0.15, -0.1) is 0 Å². The molecule has 2 aromatic rings. The summed E-state index contributed by atoms with van der Waals surface area (Å²) in [6.45, 7) is 15.6. The molecule has 2 heterocycles. The van der Waals surface area contributed by atoms with Gasteiger partial charge in [-0.25, -0.2) is 4.79 Å². The van der Waals surface area contributed by atoms with Gasteiger partial charge in [0.05, 0.1) is 11.6 Å². The fourth-order valence-corrected chi connectivity index (χ4v) is 3.62. The number of nitrogens with one attached hydrogen (secondary N) is 1. The highest BCUT2D eigenvalue weighted by Gasteiger charge is 2.27. The maximum absolute atomic E-state index is 11.6. The number of carboxylic acids is 1. The SMILES string of the molecule is C=C/C=C\C(NC(C)c1cc(C)cc2c1OC(c1cccnc1)=C(C)C2=C)=C(/C)C(=O)O. The lowest BCUT2D eigenvalue weighted by atomic mass is 9.89. The van der Waals surface area contributed by atoms with E-state index in [4.69, 9.17) is 4.74 Å². The van der Waals surface area contributed by atoms with Gasteiger partial charge in [0.2, 0.25) is 0 Å². The van der Waals surface area contributed by atoms with E-state index in [1.165, 1.54) is 0 Å². The largest absolute Gasteiger partial charge is 0.478 e. The molecule has 0 fully saturated rings. The van der Waals surface area contributed by atoms with E-state index in [1.54, 1.807) is 37.5 Å². The number of hydrogen-bond acceptors (Lipinski definition) is 4. The third-order valence-electron chi connectivity index (χ3n) is 5.47. The number of hydrogen-bond donors (Lipinski definition) is 2. The highest BCUT2D eigenvalue weighted by Crippen LogP contribution is 2.44. The summed E-state index contributed by atoms with van der Waals surface area (Å²) in [5, 5.41) is 12.8. The van der Waals surface area contributed by atoms with Crippen LogP contribution in [0.15, 0.2) is 84.9 Å². The zero-order valence-electron chi connectivity index (χ0n) is 18.9. The van der Waals surface area contributed by atoms with Crippen molar-refractivity contribution >= 4 is 17.3 Å². The van der Waals surface area contributed by atoms with Gasteiger partial charge >= 0.3 is 5.97 Å². The van der Waals surface area contributed by atoms with Crippen LogP contribution in [0.1, 0.15) is 49.1 Å². The average Bonchev–Trinajstić information content (AvgIpc) is 2.78. The number of pyridine rings is 1. The van der Waals surface area contributed by atoms with Gasteiger partial charge in [-0.2, -0.15) is 0 Å². The van der Waals surface area contributed by atoms with Crippen LogP contribution < -0.4 is 10.1 Å². The lowest BCUT2D eigenvalue weighted by Gasteiger charge is -2.29. The van der Waals surface area contributed by atoms with Crippen molar-refractivity contribution < 1.29 is 14.6 Å². The first kappa shape index (κ1) is 22.8. The molecule has 0 amide bonds. The Labute approximate surface area is 189 Å². The van der Waals surface area contributed by atoms with Crippen molar-refractivity contribution in [2.45, 2.75) is 33.7 Å². The van der Waals surface area contributed by atoms with Gasteiger partial charge < -0.3 is 15.2 Å². The molecular weight excluding hydrogens is 400 g/mol. The number of aromatic nitrogens is 1. The van der Waals surface area contributed by atoms with Gasteiger partial charge in [0, 0.05) is 34.8 Å². The van der Waals surface area contributed by atoms with Crippen molar-refractivity contribution in [3.8, 4) is 5.75 Å². The molecule has 164 valence electrons. The van der Waals surface area contributed by atoms with Crippen LogP contribution in [0, 0.1) is 6.92 Å². The Kier molecular flexibility index (Phi) is 6.79. The van der Waals surface area contributed by atoms with E-state index in [1.807, 2.05) is 32.9 Å². The normalized spacial score (nSPS) is 15.1.